The van der Waals surface area contributed by atoms with Gasteiger partial charge in [-0.05, 0) is 64.1 Å². The van der Waals surface area contributed by atoms with E-state index in [1.165, 1.54) is 17.2 Å². The van der Waals surface area contributed by atoms with Gasteiger partial charge in [-0.3, -0.25) is 0 Å². The van der Waals surface area contributed by atoms with Crippen molar-refractivity contribution in [3.63, 3.8) is 0 Å². The molecule has 0 saturated heterocycles. The molecule has 0 aliphatic heterocycles. The van der Waals surface area contributed by atoms with E-state index in [1.54, 1.807) is 0 Å². The van der Waals surface area contributed by atoms with Gasteiger partial charge in [-0.25, -0.2) is 4.39 Å². The second kappa shape index (κ2) is 7.71. The Labute approximate surface area is 134 Å². The summed E-state index contributed by atoms with van der Waals surface area (Å²) >= 11 is 3.29. The Hall–Kier alpha value is -1.19. The molecule has 0 radical (unpaired) electrons. The summed E-state index contributed by atoms with van der Waals surface area (Å²) in [5.74, 6) is -0.225. The Morgan fingerprint density at radius 2 is 1.90 bits per heavy atom. The van der Waals surface area contributed by atoms with Crippen LogP contribution in [0.4, 0.5) is 4.39 Å². The fourth-order valence-electron chi connectivity index (χ4n) is 2.53. The summed E-state index contributed by atoms with van der Waals surface area (Å²) in [7, 11) is 0. The van der Waals surface area contributed by atoms with E-state index in [-0.39, 0.29) is 11.9 Å². The van der Waals surface area contributed by atoms with Crippen molar-refractivity contribution in [2.75, 3.05) is 6.54 Å². The molecule has 3 heteroatoms. The summed E-state index contributed by atoms with van der Waals surface area (Å²) < 4.78 is 14.0. The molecule has 2 rings (SSSR count). The summed E-state index contributed by atoms with van der Waals surface area (Å²) in [5.41, 5.74) is 3.68. The maximum absolute atomic E-state index is 13.5. The van der Waals surface area contributed by atoms with E-state index in [0.29, 0.717) is 4.47 Å². The van der Waals surface area contributed by atoms with Gasteiger partial charge in [-0.1, -0.05) is 44.2 Å². The van der Waals surface area contributed by atoms with E-state index >= 15 is 0 Å². The molecule has 0 bridgehead atoms. The van der Waals surface area contributed by atoms with Gasteiger partial charge in [0.25, 0.3) is 0 Å². The molecule has 2 aromatic rings. The van der Waals surface area contributed by atoms with Crippen LogP contribution in [0.5, 0.6) is 0 Å². The lowest BCUT2D eigenvalue weighted by Gasteiger charge is -2.22. The molecule has 0 amide bonds. The molecule has 1 nitrogen and oxygen atoms in total. The summed E-state index contributed by atoms with van der Waals surface area (Å²) in [6.45, 7) is 5.24. The molecule has 21 heavy (non-hydrogen) atoms. The maximum Gasteiger partial charge on any atom is 0.137 e. The zero-order valence-corrected chi connectivity index (χ0v) is 14.1. The molecule has 2 aromatic carbocycles. The monoisotopic (exact) mass is 349 g/mol. The summed E-state index contributed by atoms with van der Waals surface area (Å²) in [5, 5.41) is 3.58. The fourth-order valence-corrected chi connectivity index (χ4v) is 2.92. The summed E-state index contributed by atoms with van der Waals surface area (Å²) in [6, 6.07) is 13.8. The highest BCUT2D eigenvalue weighted by molar-refractivity contribution is 9.10. The van der Waals surface area contributed by atoms with E-state index in [1.807, 2.05) is 12.1 Å². The topological polar surface area (TPSA) is 12.0 Å². The highest BCUT2D eigenvalue weighted by Gasteiger charge is 2.17. The van der Waals surface area contributed by atoms with Crippen molar-refractivity contribution in [2.24, 2.45) is 0 Å². The SMILES string of the molecule is CCCNC(c1ccc(F)c(Br)c1)c1ccccc1CC. The van der Waals surface area contributed by atoms with Crippen LogP contribution in [0.25, 0.3) is 0 Å². The lowest BCUT2D eigenvalue weighted by molar-refractivity contribution is 0.588. The molecule has 0 aliphatic carbocycles. The first-order chi connectivity index (χ1) is 10.2. The molecule has 0 aliphatic rings. The predicted octanol–water partition coefficient (Wildman–Crippen LogP) is 5.24. The van der Waals surface area contributed by atoms with E-state index < -0.39 is 0 Å². The van der Waals surface area contributed by atoms with Gasteiger partial charge >= 0.3 is 0 Å². The molecule has 0 aromatic heterocycles. The molecule has 1 atom stereocenters. The number of aryl methyl sites for hydroxylation is 1. The first-order valence-electron chi connectivity index (χ1n) is 7.43. The zero-order chi connectivity index (χ0) is 15.2. The van der Waals surface area contributed by atoms with Gasteiger partial charge in [0.2, 0.25) is 0 Å². The van der Waals surface area contributed by atoms with Gasteiger partial charge in [0.1, 0.15) is 5.82 Å². The fraction of sp³-hybridized carbons (Fsp3) is 0.333. The van der Waals surface area contributed by atoms with Gasteiger partial charge in [0.05, 0.1) is 10.5 Å². The van der Waals surface area contributed by atoms with Crippen molar-refractivity contribution < 1.29 is 4.39 Å². The third kappa shape index (κ3) is 3.92. The number of halogens is 2. The number of rotatable bonds is 6. The predicted molar refractivity (Wildman–Crippen MR) is 90.1 cm³/mol. The van der Waals surface area contributed by atoms with Crippen LogP contribution in [0.3, 0.4) is 0 Å². The Kier molecular flexibility index (Phi) is 5.95. The second-order valence-corrected chi connectivity index (χ2v) is 5.97. The van der Waals surface area contributed by atoms with E-state index in [9.17, 15) is 4.39 Å². The molecule has 0 fully saturated rings. The number of benzene rings is 2. The minimum atomic E-state index is -0.225. The highest BCUT2D eigenvalue weighted by Crippen LogP contribution is 2.28. The minimum Gasteiger partial charge on any atom is -0.306 e. The Balaban J connectivity index is 2.44. The standard InChI is InChI=1S/C18H21BrFN/c1-3-11-21-18(14-9-10-17(20)16(19)12-14)15-8-6-5-7-13(15)4-2/h5-10,12,18,21H,3-4,11H2,1-2H3. The van der Waals surface area contributed by atoms with Crippen LogP contribution in [0.2, 0.25) is 0 Å². The van der Waals surface area contributed by atoms with E-state index in [0.717, 1.165) is 24.9 Å². The third-order valence-electron chi connectivity index (χ3n) is 3.62. The van der Waals surface area contributed by atoms with E-state index in [2.05, 4.69) is 59.4 Å². The van der Waals surface area contributed by atoms with Crippen molar-refractivity contribution in [2.45, 2.75) is 32.7 Å². The molecule has 0 heterocycles. The lowest BCUT2D eigenvalue weighted by Crippen LogP contribution is -2.24. The van der Waals surface area contributed by atoms with Crippen molar-refractivity contribution in [3.8, 4) is 0 Å². The molecule has 0 saturated carbocycles. The first-order valence-corrected chi connectivity index (χ1v) is 8.22. The van der Waals surface area contributed by atoms with Crippen LogP contribution < -0.4 is 5.32 Å². The molecular formula is C18H21BrFN. The van der Waals surface area contributed by atoms with Crippen LogP contribution in [-0.4, -0.2) is 6.54 Å². The molecule has 112 valence electrons. The van der Waals surface area contributed by atoms with Gasteiger partial charge in [0.15, 0.2) is 0 Å². The molecular weight excluding hydrogens is 329 g/mol. The number of nitrogens with one attached hydrogen (secondary N) is 1. The smallest absolute Gasteiger partial charge is 0.137 e. The van der Waals surface area contributed by atoms with Gasteiger partial charge in [-0.2, -0.15) is 0 Å². The second-order valence-electron chi connectivity index (χ2n) is 5.11. The zero-order valence-electron chi connectivity index (χ0n) is 12.5. The van der Waals surface area contributed by atoms with Crippen molar-refractivity contribution in [1.82, 2.24) is 5.32 Å². The van der Waals surface area contributed by atoms with Crippen molar-refractivity contribution in [1.29, 1.82) is 0 Å². The average molecular weight is 350 g/mol. The van der Waals surface area contributed by atoms with Gasteiger partial charge < -0.3 is 5.32 Å². The minimum absolute atomic E-state index is 0.0954. The Morgan fingerprint density at radius 3 is 2.57 bits per heavy atom. The third-order valence-corrected chi connectivity index (χ3v) is 4.23. The van der Waals surface area contributed by atoms with Crippen LogP contribution in [0.15, 0.2) is 46.9 Å². The van der Waals surface area contributed by atoms with Crippen LogP contribution in [0, 0.1) is 5.82 Å². The van der Waals surface area contributed by atoms with Crippen LogP contribution in [0.1, 0.15) is 43.0 Å². The number of hydrogen-bond donors (Lipinski definition) is 1. The van der Waals surface area contributed by atoms with E-state index in [4.69, 9.17) is 0 Å². The Morgan fingerprint density at radius 1 is 1.14 bits per heavy atom. The molecule has 1 unspecified atom stereocenters. The average Bonchev–Trinajstić information content (AvgIpc) is 2.51. The Bertz CT molecular complexity index is 598. The van der Waals surface area contributed by atoms with Crippen LogP contribution >= 0.6 is 15.9 Å². The van der Waals surface area contributed by atoms with Crippen molar-refractivity contribution >= 4 is 15.9 Å². The van der Waals surface area contributed by atoms with Crippen molar-refractivity contribution in [3.05, 3.63) is 69.4 Å². The van der Waals surface area contributed by atoms with Gasteiger partial charge in [-0.15, -0.1) is 0 Å². The molecule has 0 spiro atoms. The normalized spacial score (nSPS) is 12.4. The highest BCUT2D eigenvalue weighted by atomic mass is 79.9. The number of hydrogen-bond acceptors (Lipinski definition) is 1. The maximum atomic E-state index is 13.5. The first kappa shape index (κ1) is 16.2. The lowest BCUT2D eigenvalue weighted by atomic mass is 9.93. The largest absolute Gasteiger partial charge is 0.306 e. The van der Waals surface area contributed by atoms with Gasteiger partial charge in [0, 0.05) is 0 Å². The summed E-state index contributed by atoms with van der Waals surface area (Å²) in [6.07, 6.45) is 2.05. The van der Waals surface area contributed by atoms with Crippen LogP contribution in [-0.2, 0) is 6.42 Å². The molecule has 1 N–H and O–H groups in total. The summed E-state index contributed by atoms with van der Waals surface area (Å²) in [4.78, 5) is 0. The quantitative estimate of drug-likeness (QED) is 0.751.